The number of rotatable bonds is 6. The molecule has 0 aromatic carbocycles. The second-order valence-electron chi connectivity index (χ2n) is 2.96. The number of carboxylic acid groups (broad SMARTS) is 1. The van der Waals surface area contributed by atoms with Crippen LogP contribution in [0.15, 0.2) is 4.99 Å². The molecule has 0 amide bonds. The van der Waals surface area contributed by atoms with E-state index in [4.69, 9.17) is 5.11 Å². The van der Waals surface area contributed by atoms with Crippen molar-refractivity contribution in [1.29, 1.82) is 0 Å². The monoisotopic (exact) mass is 257 g/mol. The molecule has 16 heavy (non-hydrogen) atoms. The van der Waals surface area contributed by atoms with Gasteiger partial charge >= 0.3 is 12.1 Å². The number of aliphatic imine (C=N–C) groups is 1. The van der Waals surface area contributed by atoms with Gasteiger partial charge in [0.2, 0.25) is 0 Å². The molecular weight excluding hydrogens is 247 g/mol. The number of ether oxygens (including phenoxy) is 1. The van der Waals surface area contributed by atoms with Gasteiger partial charge in [0.15, 0.2) is 0 Å². The summed E-state index contributed by atoms with van der Waals surface area (Å²) in [6.45, 7) is 0.0120. The Morgan fingerprint density at radius 1 is 1.56 bits per heavy atom. The largest absolute Gasteiger partial charge is 0.479 e. The molecule has 1 atom stereocenters. The molecule has 0 fully saturated rings. The Morgan fingerprint density at radius 3 is 2.44 bits per heavy atom. The lowest BCUT2D eigenvalue weighted by Gasteiger charge is -2.26. The number of hydrogen-bond acceptors (Lipinski definition) is 4. The van der Waals surface area contributed by atoms with Crippen molar-refractivity contribution < 1.29 is 27.8 Å². The number of methoxy groups -OCH3 is 1. The molecule has 0 saturated heterocycles. The molecule has 0 aromatic heterocycles. The van der Waals surface area contributed by atoms with Gasteiger partial charge in [-0.05, 0) is 25.1 Å². The van der Waals surface area contributed by atoms with Crippen molar-refractivity contribution in [1.82, 2.24) is 0 Å². The van der Waals surface area contributed by atoms with Crippen molar-refractivity contribution in [3.63, 3.8) is 0 Å². The Labute approximate surface area is 95.1 Å². The number of hydrogen-bond donors (Lipinski definition) is 1. The molecule has 92 valence electrons. The molecule has 0 aromatic rings. The lowest BCUT2D eigenvalue weighted by atomic mass is 9.93. The third kappa shape index (κ3) is 3.26. The second-order valence-corrected chi connectivity index (χ2v) is 3.15. The molecule has 1 N–H and O–H groups in total. The van der Waals surface area contributed by atoms with Gasteiger partial charge in [-0.15, -0.1) is 0 Å². The molecule has 0 aliphatic heterocycles. The highest BCUT2D eigenvalue weighted by Gasteiger charge is 2.61. The summed E-state index contributed by atoms with van der Waals surface area (Å²) in [6, 6.07) is 0. The van der Waals surface area contributed by atoms with E-state index < -0.39 is 24.1 Å². The number of isothiocyanates is 1. The maximum atomic E-state index is 12.6. The molecule has 8 heteroatoms. The summed E-state index contributed by atoms with van der Waals surface area (Å²) < 4.78 is 42.5. The van der Waals surface area contributed by atoms with Crippen molar-refractivity contribution >= 4 is 23.3 Å². The summed E-state index contributed by atoms with van der Waals surface area (Å²) in [7, 11) is 1.30. The molecular formula is C8H10F3NO3S. The van der Waals surface area contributed by atoms with Crippen LogP contribution in [0.3, 0.4) is 0 Å². The van der Waals surface area contributed by atoms with Crippen LogP contribution in [0.1, 0.15) is 12.8 Å². The average Bonchev–Trinajstić information content (AvgIpc) is 2.14. The highest BCUT2D eigenvalue weighted by molar-refractivity contribution is 7.78. The van der Waals surface area contributed by atoms with Crippen LogP contribution in [-0.2, 0) is 9.53 Å². The van der Waals surface area contributed by atoms with Gasteiger partial charge in [0.1, 0.15) is 0 Å². The first-order valence-electron chi connectivity index (χ1n) is 4.20. The first kappa shape index (κ1) is 15.0. The van der Waals surface area contributed by atoms with Gasteiger partial charge < -0.3 is 9.84 Å². The minimum Gasteiger partial charge on any atom is -0.479 e. The predicted octanol–water partition coefficient (Wildman–Crippen LogP) is 1.90. The second kappa shape index (κ2) is 5.93. The van der Waals surface area contributed by atoms with Gasteiger partial charge in [0.05, 0.1) is 5.16 Å². The Balaban J connectivity index is 5.12. The molecule has 0 rings (SSSR count). The third-order valence-electron chi connectivity index (χ3n) is 1.95. The van der Waals surface area contributed by atoms with E-state index in [1.807, 2.05) is 0 Å². The molecule has 4 nitrogen and oxygen atoms in total. The molecule has 0 spiro atoms. The summed E-state index contributed by atoms with van der Waals surface area (Å²) in [5, 5.41) is 10.1. The zero-order chi connectivity index (χ0) is 12.8. The number of carboxylic acids is 1. The molecule has 0 radical (unpaired) electrons. The van der Waals surface area contributed by atoms with Crippen molar-refractivity contribution in [3.8, 4) is 0 Å². The van der Waals surface area contributed by atoms with Crippen LogP contribution in [0, 0.1) is 0 Å². The van der Waals surface area contributed by atoms with E-state index in [-0.39, 0.29) is 13.0 Å². The fraction of sp³-hybridized carbons (Fsp3) is 0.750. The van der Waals surface area contributed by atoms with Crippen LogP contribution in [0.25, 0.3) is 0 Å². The van der Waals surface area contributed by atoms with Crippen LogP contribution in [0.2, 0.25) is 0 Å². The van der Waals surface area contributed by atoms with Gasteiger partial charge in [0.25, 0.3) is 5.54 Å². The summed E-state index contributed by atoms with van der Waals surface area (Å²) in [5.41, 5.74) is -3.22. The summed E-state index contributed by atoms with van der Waals surface area (Å²) >= 11 is 4.06. The topological polar surface area (TPSA) is 58.9 Å². The standard InChI is InChI=1S/C8H10F3NO3S/c1-15-4-2-3-7(6(13)14,12-5-16)8(9,10)11/h2-4H2,1H3,(H,13,14). The fourth-order valence-corrected chi connectivity index (χ4v) is 1.24. The Morgan fingerprint density at radius 2 is 2.12 bits per heavy atom. The summed E-state index contributed by atoms with van der Waals surface area (Å²) in [6.07, 6.45) is -5.84. The van der Waals surface area contributed by atoms with Crippen molar-refractivity contribution in [3.05, 3.63) is 0 Å². The first-order valence-corrected chi connectivity index (χ1v) is 4.60. The smallest absolute Gasteiger partial charge is 0.425 e. The lowest BCUT2D eigenvalue weighted by Crippen LogP contribution is -2.50. The molecule has 0 saturated carbocycles. The van der Waals surface area contributed by atoms with Crippen molar-refractivity contribution in [2.75, 3.05) is 13.7 Å². The molecule has 0 bridgehead atoms. The fourth-order valence-electron chi connectivity index (χ4n) is 1.09. The number of aliphatic carboxylic acids is 1. The zero-order valence-corrected chi connectivity index (χ0v) is 9.19. The number of nitrogens with zero attached hydrogens (tertiary/aromatic N) is 1. The van der Waals surface area contributed by atoms with Crippen LogP contribution in [0.5, 0.6) is 0 Å². The van der Waals surface area contributed by atoms with E-state index in [1.165, 1.54) is 12.3 Å². The zero-order valence-electron chi connectivity index (χ0n) is 8.37. The van der Waals surface area contributed by atoms with Gasteiger partial charge in [-0.1, -0.05) is 0 Å². The van der Waals surface area contributed by atoms with Crippen LogP contribution in [-0.4, -0.2) is 41.7 Å². The van der Waals surface area contributed by atoms with Crippen LogP contribution in [0.4, 0.5) is 13.2 Å². The van der Waals surface area contributed by atoms with E-state index in [1.54, 1.807) is 0 Å². The first-order chi connectivity index (χ1) is 7.31. The van der Waals surface area contributed by atoms with E-state index in [9.17, 15) is 18.0 Å². The Bertz CT molecular complexity index is 297. The minimum atomic E-state index is -5.02. The van der Waals surface area contributed by atoms with Gasteiger partial charge in [0, 0.05) is 13.7 Å². The normalized spacial score (nSPS) is 15.0. The number of halogens is 3. The molecule has 0 aliphatic carbocycles. The average molecular weight is 257 g/mol. The number of alkyl halides is 3. The van der Waals surface area contributed by atoms with E-state index >= 15 is 0 Å². The van der Waals surface area contributed by atoms with Crippen molar-refractivity contribution in [2.45, 2.75) is 24.6 Å². The summed E-state index contributed by atoms with van der Waals surface area (Å²) in [5.74, 6) is -2.09. The highest BCUT2D eigenvalue weighted by Crippen LogP contribution is 2.37. The third-order valence-corrected chi connectivity index (χ3v) is 2.04. The maximum absolute atomic E-state index is 12.6. The highest BCUT2D eigenvalue weighted by atomic mass is 32.1. The van der Waals surface area contributed by atoms with E-state index in [0.717, 1.165) is 0 Å². The quantitative estimate of drug-likeness (QED) is 0.448. The molecule has 1 unspecified atom stereocenters. The summed E-state index contributed by atoms with van der Waals surface area (Å²) in [4.78, 5) is 13.5. The van der Waals surface area contributed by atoms with E-state index in [0.29, 0.717) is 0 Å². The molecule has 0 heterocycles. The Hall–Kier alpha value is -0.980. The van der Waals surface area contributed by atoms with Gasteiger partial charge in [-0.25, -0.2) is 9.79 Å². The van der Waals surface area contributed by atoms with Crippen molar-refractivity contribution in [2.24, 2.45) is 4.99 Å². The SMILES string of the molecule is COCCCC(N=C=S)(C(=O)O)C(F)(F)F. The van der Waals surface area contributed by atoms with Crippen LogP contribution >= 0.6 is 12.2 Å². The van der Waals surface area contributed by atoms with Crippen LogP contribution < -0.4 is 0 Å². The molecule has 0 aliphatic rings. The number of carbonyl (C=O) groups is 1. The predicted molar refractivity (Wildman–Crippen MR) is 52.6 cm³/mol. The number of thiocarbonyl (C=S) groups is 1. The lowest BCUT2D eigenvalue weighted by molar-refractivity contribution is -0.202. The van der Waals surface area contributed by atoms with E-state index in [2.05, 4.69) is 21.9 Å². The van der Waals surface area contributed by atoms with Gasteiger partial charge in [-0.2, -0.15) is 13.2 Å². The maximum Gasteiger partial charge on any atom is 0.425 e. The minimum absolute atomic E-state index is 0.0120. The van der Waals surface area contributed by atoms with Gasteiger partial charge in [-0.3, -0.25) is 0 Å². The Kier molecular flexibility index (Phi) is 5.57.